The number of carbonyl (C=O) groups is 1. The third-order valence-corrected chi connectivity index (χ3v) is 4.87. The van der Waals surface area contributed by atoms with E-state index in [2.05, 4.69) is 55.6 Å². The molecule has 3 N–H and O–H groups in total. The summed E-state index contributed by atoms with van der Waals surface area (Å²) in [5.74, 6) is 0.138. The third kappa shape index (κ3) is 4.94. The molecular weight excluding hydrogens is 288 g/mol. The van der Waals surface area contributed by atoms with Crippen LogP contribution in [-0.4, -0.2) is 59.8 Å². The molecule has 1 amide bonds. The van der Waals surface area contributed by atoms with Crippen LogP contribution < -0.4 is 20.0 Å². The van der Waals surface area contributed by atoms with E-state index >= 15 is 0 Å². The molecule has 0 spiro atoms. The Morgan fingerprint density at radius 1 is 1.17 bits per heavy atom. The van der Waals surface area contributed by atoms with E-state index in [1.54, 1.807) is 9.80 Å². The Morgan fingerprint density at radius 3 is 2.30 bits per heavy atom. The summed E-state index contributed by atoms with van der Waals surface area (Å²) in [6.45, 7) is 7.35. The molecule has 0 bridgehead atoms. The number of nitrogens with one attached hydrogen (secondary N) is 3. The van der Waals surface area contributed by atoms with Crippen molar-refractivity contribution in [3.05, 3.63) is 29.8 Å². The van der Waals surface area contributed by atoms with Crippen LogP contribution in [0.5, 0.6) is 0 Å². The van der Waals surface area contributed by atoms with Crippen molar-refractivity contribution in [1.29, 1.82) is 0 Å². The number of nitrogens with zero attached hydrogens (tertiary/aromatic N) is 1. The van der Waals surface area contributed by atoms with E-state index in [1.165, 1.54) is 24.3 Å². The van der Waals surface area contributed by atoms with Crippen LogP contribution >= 0.6 is 0 Å². The average molecular weight is 320 g/mol. The molecule has 1 aliphatic heterocycles. The summed E-state index contributed by atoms with van der Waals surface area (Å²) >= 11 is 0. The summed E-state index contributed by atoms with van der Waals surface area (Å²) in [6.07, 6.45) is 0.550. The second-order valence-corrected chi connectivity index (χ2v) is 6.81. The van der Waals surface area contributed by atoms with Crippen molar-refractivity contribution in [3.8, 4) is 0 Å². The number of likely N-dealkylation sites (N-methyl/N-ethyl adjacent to an activating group) is 1. The molecule has 0 radical (unpaired) electrons. The van der Waals surface area contributed by atoms with Crippen LogP contribution in [0.25, 0.3) is 0 Å². The minimum absolute atomic E-state index is 0.138. The van der Waals surface area contributed by atoms with Crippen LogP contribution in [-0.2, 0) is 4.79 Å². The first kappa shape index (κ1) is 17.8. The van der Waals surface area contributed by atoms with Gasteiger partial charge in [0, 0.05) is 31.8 Å². The molecule has 1 heterocycles. The van der Waals surface area contributed by atoms with Gasteiger partial charge in [0.25, 0.3) is 0 Å². The Labute approximate surface area is 140 Å². The van der Waals surface area contributed by atoms with E-state index in [1.807, 2.05) is 6.92 Å². The van der Waals surface area contributed by atoms with Crippen LogP contribution in [0.2, 0.25) is 0 Å². The number of anilines is 1. The number of benzene rings is 1. The topological polar surface area (TPSA) is 41.2 Å². The number of amides is 1. The molecule has 23 heavy (non-hydrogen) atoms. The van der Waals surface area contributed by atoms with Gasteiger partial charge in [-0.3, -0.25) is 4.79 Å². The fourth-order valence-corrected chi connectivity index (χ4v) is 3.19. The molecule has 0 aliphatic carbocycles. The molecule has 1 fully saturated rings. The summed E-state index contributed by atoms with van der Waals surface area (Å²) in [4.78, 5) is 17.0. The van der Waals surface area contributed by atoms with Crippen molar-refractivity contribution in [2.45, 2.75) is 19.4 Å². The van der Waals surface area contributed by atoms with Gasteiger partial charge in [0.2, 0.25) is 5.91 Å². The first-order valence-corrected chi connectivity index (χ1v) is 8.71. The number of piperazine rings is 1. The zero-order valence-electron chi connectivity index (χ0n) is 15.0. The normalized spacial score (nSPS) is 22.4. The SMILES string of the molecule is CCC(=O)NC[C@H](c1ccc(N(C)C)cc1)[NH+]1CC[NH+](C)CC1. The largest absolute Gasteiger partial charge is 0.378 e. The van der Waals surface area contributed by atoms with Gasteiger partial charge in [0.15, 0.2) is 0 Å². The smallest absolute Gasteiger partial charge is 0.219 e. The molecule has 1 atom stereocenters. The molecule has 2 rings (SSSR count). The van der Waals surface area contributed by atoms with E-state index < -0.39 is 0 Å². The van der Waals surface area contributed by atoms with Gasteiger partial charge >= 0.3 is 0 Å². The number of quaternary nitrogens is 2. The molecule has 0 aromatic heterocycles. The van der Waals surface area contributed by atoms with E-state index in [0.29, 0.717) is 12.5 Å². The highest BCUT2D eigenvalue weighted by molar-refractivity contribution is 5.75. The Morgan fingerprint density at radius 2 is 1.78 bits per heavy atom. The quantitative estimate of drug-likeness (QED) is 0.612. The molecule has 1 aliphatic rings. The molecular formula is C18H32N4O+2. The summed E-state index contributed by atoms with van der Waals surface area (Å²) in [5, 5.41) is 3.10. The molecule has 5 nitrogen and oxygen atoms in total. The van der Waals surface area contributed by atoms with Crippen LogP contribution in [0.1, 0.15) is 24.9 Å². The Balaban J connectivity index is 2.12. The second kappa shape index (κ2) is 8.31. The summed E-state index contributed by atoms with van der Waals surface area (Å²) in [6, 6.07) is 9.12. The van der Waals surface area contributed by atoms with Crippen LogP contribution in [0.15, 0.2) is 24.3 Å². The molecule has 1 aromatic carbocycles. The molecule has 128 valence electrons. The lowest BCUT2D eigenvalue weighted by atomic mass is 10.0. The molecule has 5 heteroatoms. The Kier molecular flexibility index (Phi) is 6.42. The minimum Gasteiger partial charge on any atom is -0.378 e. The Hall–Kier alpha value is -1.59. The maximum atomic E-state index is 11.7. The standard InChI is InChI=1S/C18H30N4O/c1-5-18(23)19-14-17(22-12-10-21(4)11-13-22)15-6-8-16(9-7-15)20(2)3/h6-9,17H,5,10-14H2,1-4H3,(H,19,23)/p+2/t17-/m1/s1. The highest BCUT2D eigenvalue weighted by Gasteiger charge is 2.29. The van der Waals surface area contributed by atoms with Gasteiger partial charge in [0.05, 0.1) is 13.6 Å². The van der Waals surface area contributed by atoms with Crippen LogP contribution in [0, 0.1) is 0 Å². The monoisotopic (exact) mass is 320 g/mol. The fourth-order valence-electron chi connectivity index (χ4n) is 3.19. The van der Waals surface area contributed by atoms with Gasteiger partial charge in [-0.25, -0.2) is 0 Å². The van der Waals surface area contributed by atoms with E-state index in [4.69, 9.17) is 0 Å². The second-order valence-electron chi connectivity index (χ2n) is 6.81. The molecule has 1 saturated heterocycles. The van der Waals surface area contributed by atoms with Crippen molar-refractivity contribution in [2.75, 3.05) is 58.8 Å². The molecule has 0 unspecified atom stereocenters. The zero-order valence-corrected chi connectivity index (χ0v) is 15.0. The lowest BCUT2D eigenvalue weighted by molar-refractivity contribution is -1.02. The number of carbonyl (C=O) groups excluding carboxylic acids is 1. The number of hydrogen-bond donors (Lipinski definition) is 3. The average Bonchev–Trinajstić information content (AvgIpc) is 2.56. The van der Waals surface area contributed by atoms with Crippen molar-refractivity contribution in [3.63, 3.8) is 0 Å². The third-order valence-electron chi connectivity index (χ3n) is 4.87. The maximum Gasteiger partial charge on any atom is 0.219 e. The predicted molar refractivity (Wildman–Crippen MR) is 94.1 cm³/mol. The van der Waals surface area contributed by atoms with Gasteiger partial charge in [0.1, 0.15) is 32.2 Å². The highest BCUT2D eigenvalue weighted by atomic mass is 16.1. The van der Waals surface area contributed by atoms with Gasteiger partial charge in [-0.05, 0) is 12.1 Å². The van der Waals surface area contributed by atoms with Crippen LogP contribution in [0.4, 0.5) is 5.69 Å². The lowest BCUT2D eigenvalue weighted by Gasteiger charge is -2.33. The lowest BCUT2D eigenvalue weighted by Crippen LogP contribution is -3.27. The van der Waals surface area contributed by atoms with E-state index in [-0.39, 0.29) is 5.91 Å². The van der Waals surface area contributed by atoms with Crippen molar-refractivity contribution < 1.29 is 14.6 Å². The first-order chi connectivity index (χ1) is 11.0. The van der Waals surface area contributed by atoms with Gasteiger partial charge in [-0.2, -0.15) is 0 Å². The van der Waals surface area contributed by atoms with Crippen molar-refractivity contribution in [2.24, 2.45) is 0 Å². The zero-order chi connectivity index (χ0) is 16.8. The molecule has 1 aromatic rings. The summed E-state index contributed by atoms with van der Waals surface area (Å²) < 4.78 is 0. The summed E-state index contributed by atoms with van der Waals surface area (Å²) in [7, 11) is 6.38. The maximum absolute atomic E-state index is 11.7. The fraction of sp³-hybridized carbons (Fsp3) is 0.611. The minimum atomic E-state index is 0.138. The molecule has 0 saturated carbocycles. The first-order valence-electron chi connectivity index (χ1n) is 8.71. The van der Waals surface area contributed by atoms with Gasteiger partial charge in [-0.1, -0.05) is 19.1 Å². The number of hydrogen-bond acceptors (Lipinski definition) is 2. The predicted octanol–water partition coefficient (Wildman–Crippen LogP) is -1.27. The van der Waals surface area contributed by atoms with Crippen LogP contribution in [0.3, 0.4) is 0 Å². The van der Waals surface area contributed by atoms with Crippen molar-refractivity contribution in [1.82, 2.24) is 5.32 Å². The van der Waals surface area contributed by atoms with Gasteiger partial charge in [-0.15, -0.1) is 0 Å². The van der Waals surface area contributed by atoms with E-state index in [9.17, 15) is 4.79 Å². The summed E-state index contributed by atoms with van der Waals surface area (Å²) in [5.41, 5.74) is 2.53. The Bertz CT molecular complexity index is 492. The number of rotatable bonds is 6. The highest BCUT2D eigenvalue weighted by Crippen LogP contribution is 2.16. The van der Waals surface area contributed by atoms with Gasteiger partial charge < -0.3 is 20.0 Å². The van der Waals surface area contributed by atoms with E-state index in [0.717, 1.165) is 19.6 Å². The van der Waals surface area contributed by atoms with Crippen molar-refractivity contribution >= 4 is 11.6 Å².